The standard InChI is InChI=1S/C12H9ClN4O/c13-10-9(6-8-4-2-1-3-5-8)11(18)17-12(16-10)14-7-15-17/h1-5,7,9H,6H2. The summed E-state index contributed by atoms with van der Waals surface area (Å²) in [6.45, 7) is 0. The molecule has 1 aromatic carbocycles. The molecule has 0 amide bonds. The maximum absolute atomic E-state index is 12.2. The normalized spacial score (nSPS) is 18.4. The van der Waals surface area contributed by atoms with Gasteiger partial charge in [0.1, 0.15) is 11.5 Å². The van der Waals surface area contributed by atoms with E-state index in [9.17, 15) is 4.79 Å². The van der Waals surface area contributed by atoms with Crippen molar-refractivity contribution in [1.29, 1.82) is 0 Å². The highest BCUT2D eigenvalue weighted by Crippen LogP contribution is 2.24. The maximum Gasteiger partial charge on any atom is 0.260 e. The SMILES string of the molecule is O=C1C(Cc2ccccc2)C(Cl)=Nc2ncnn21. The first-order chi connectivity index (χ1) is 8.75. The number of carbonyl (C=O) groups is 1. The molecule has 1 aliphatic heterocycles. The summed E-state index contributed by atoms with van der Waals surface area (Å²) in [6, 6.07) is 9.68. The van der Waals surface area contributed by atoms with Gasteiger partial charge in [-0.2, -0.15) is 14.8 Å². The number of aromatic nitrogens is 3. The van der Waals surface area contributed by atoms with Crippen LogP contribution in [0.25, 0.3) is 0 Å². The summed E-state index contributed by atoms with van der Waals surface area (Å²) in [5.41, 5.74) is 1.03. The van der Waals surface area contributed by atoms with E-state index in [1.165, 1.54) is 11.0 Å². The smallest absolute Gasteiger partial charge is 0.260 e. The third-order valence-electron chi connectivity index (χ3n) is 2.81. The van der Waals surface area contributed by atoms with Gasteiger partial charge in [-0.25, -0.2) is 4.99 Å². The van der Waals surface area contributed by atoms with E-state index < -0.39 is 5.92 Å². The van der Waals surface area contributed by atoms with Gasteiger partial charge in [0, 0.05) is 0 Å². The molecular weight excluding hydrogens is 252 g/mol. The second-order valence-corrected chi connectivity index (χ2v) is 4.37. The molecule has 1 unspecified atom stereocenters. The molecule has 0 saturated carbocycles. The molecule has 6 heteroatoms. The largest absolute Gasteiger partial charge is 0.272 e. The monoisotopic (exact) mass is 260 g/mol. The quantitative estimate of drug-likeness (QED) is 0.830. The highest BCUT2D eigenvalue weighted by atomic mass is 35.5. The van der Waals surface area contributed by atoms with Crippen molar-refractivity contribution < 1.29 is 4.79 Å². The molecule has 0 aliphatic carbocycles. The minimum atomic E-state index is -0.483. The second kappa shape index (κ2) is 4.34. The molecule has 90 valence electrons. The molecule has 0 radical (unpaired) electrons. The van der Waals surface area contributed by atoms with Crippen LogP contribution in [-0.2, 0) is 6.42 Å². The summed E-state index contributed by atoms with van der Waals surface area (Å²) in [5.74, 6) is -0.427. The maximum atomic E-state index is 12.2. The average Bonchev–Trinajstić information content (AvgIpc) is 2.84. The summed E-state index contributed by atoms with van der Waals surface area (Å²) >= 11 is 6.06. The molecular formula is C12H9ClN4O. The Kier molecular flexibility index (Phi) is 2.68. The van der Waals surface area contributed by atoms with E-state index in [4.69, 9.17) is 11.6 Å². The Morgan fingerprint density at radius 2 is 2.06 bits per heavy atom. The molecule has 0 saturated heterocycles. The van der Waals surface area contributed by atoms with Gasteiger partial charge in [-0.05, 0) is 12.0 Å². The van der Waals surface area contributed by atoms with E-state index in [2.05, 4.69) is 15.1 Å². The molecule has 2 heterocycles. The Balaban J connectivity index is 1.93. The fourth-order valence-corrected chi connectivity index (χ4v) is 2.16. The number of benzene rings is 1. The van der Waals surface area contributed by atoms with E-state index >= 15 is 0 Å². The van der Waals surface area contributed by atoms with Crippen LogP contribution in [0.4, 0.5) is 5.95 Å². The number of nitrogens with zero attached hydrogens (tertiary/aromatic N) is 4. The third kappa shape index (κ3) is 1.82. The lowest BCUT2D eigenvalue weighted by molar-refractivity contribution is 0.0854. The van der Waals surface area contributed by atoms with Crippen LogP contribution in [0, 0.1) is 5.92 Å². The van der Waals surface area contributed by atoms with Crippen molar-refractivity contribution >= 4 is 28.6 Å². The molecule has 1 aromatic heterocycles. The summed E-state index contributed by atoms with van der Waals surface area (Å²) in [5, 5.41) is 4.12. The van der Waals surface area contributed by atoms with Crippen molar-refractivity contribution in [3.63, 3.8) is 0 Å². The van der Waals surface area contributed by atoms with E-state index in [0.29, 0.717) is 6.42 Å². The minimum Gasteiger partial charge on any atom is -0.272 e. The summed E-state index contributed by atoms with van der Waals surface area (Å²) < 4.78 is 1.19. The van der Waals surface area contributed by atoms with Gasteiger partial charge in [0.05, 0.1) is 5.92 Å². The number of fused-ring (bicyclic) bond motifs is 1. The van der Waals surface area contributed by atoms with Crippen molar-refractivity contribution in [3.8, 4) is 0 Å². The van der Waals surface area contributed by atoms with Gasteiger partial charge in [0.15, 0.2) is 0 Å². The number of carbonyl (C=O) groups excluding carboxylic acids is 1. The Morgan fingerprint density at radius 3 is 2.83 bits per heavy atom. The van der Waals surface area contributed by atoms with Crippen LogP contribution >= 0.6 is 11.6 Å². The zero-order valence-corrected chi connectivity index (χ0v) is 10.1. The first-order valence-corrected chi connectivity index (χ1v) is 5.86. The van der Waals surface area contributed by atoms with Crippen LogP contribution in [0.3, 0.4) is 0 Å². The predicted octanol–water partition coefficient (Wildman–Crippen LogP) is 2.06. The Bertz CT molecular complexity index is 620. The fourth-order valence-electron chi connectivity index (χ4n) is 1.91. The Morgan fingerprint density at radius 1 is 1.28 bits per heavy atom. The van der Waals surface area contributed by atoms with Crippen LogP contribution in [0.2, 0.25) is 0 Å². The van der Waals surface area contributed by atoms with Gasteiger partial charge in [-0.3, -0.25) is 4.79 Å². The molecule has 1 atom stereocenters. The minimum absolute atomic E-state index is 0.189. The van der Waals surface area contributed by atoms with E-state index in [1.807, 2.05) is 30.3 Å². The van der Waals surface area contributed by atoms with E-state index in [0.717, 1.165) is 5.56 Å². The van der Waals surface area contributed by atoms with Crippen molar-refractivity contribution in [3.05, 3.63) is 42.2 Å². The second-order valence-electron chi connectivity index (χ2n) is 3.99. The molecule has 0 N–H and O–H groups in total. The van der Waals surface area contributed by atoms with Crippen LogP contribution in [-0.4, -0.2) is 25.8 Å². The molecule has 0 bridgehead atoms. The van der Waals surface area contributed by atoms with Crippen LogP contribution in [0.15, 0.2) is 41.7 Å². The lowest BCUT2D eigenvalue weighted by Gasteiger charge is -2.18. The first-order valence-electron chi connectivity index (χ1n) is 5.48. The van der Waals surface area contributed by atoms with Gasteiger partial charge < -0.3 is 0 Å². The number of aliphatic imine (C=N–C) groups is 1. The Labute approximate surface area is 108 Å². The van der Waals surface area contributed by atoms with Crippen molar-refractivity contribution in [2.75, 3.05) is 0 Å². The average molecular weight is 261 g/mol. The Hall–Kier alpha value is -2.01. The lowest BCUT2D eigenvalue weighted by atomic mass is 9.99. The summed E-state index contributed by atoms with van der Waals surface area (Å²) in [6.07, 6.45) is 1.81. The number of halogens is 1. The van der Waals surface area contributed by atoms with Crippen molar-refractivity contribution in [2.45, 2.75) is 6.42 Å². The van der Waals surface area contributed by atoms with Gasteiger partial charge in [0.25, 0.3) is 11.9 Å². The van der Waals surface area contributed by atoms with Crippen molar-refractivity contribution in [1.82, 2.24) is 14.8 Å². The number of hydrogen-bond acceptors (Lipinski definition) is 4. The molecule has 2 aromatic rings. The molecule has 0 fully saturated rings. The van der Waals surface area contributed by atoms with Gasteiger partial charge in [-0.15, -0.1) is 0 Å². The molecule has 5 nitrogen and oxygen atoms in total. The van der Waals surface area contributed by atoms with Crippen LogP contribution in [0.5, 0.6) is 0 Å². The van der Waals surface area contributed by atoms with E-state index in [-0.39, 0.29) is 17.0 Å². The zero-order valence-electron chi connectivity index (χ0n) is 9.32. The van der Waals surface area contributed by atoms with Gasteiger partial charge >= 0.3 is 0 Å². The summed E-state index contributed by atoms with van der Waals surface area (Å²) in [7, 11) is 0. The topological polar surface area (TPSA) is 60.1 Å². The highest BCUT2D eigenvalue weighted by molar-refractivity contribution is 6.68. The van der Waals surface area contributed by atoms with Gasteiger partial charge in [-0.1, -0.05) is 41.9 Å². The molecule has 0 spiro atoms. The highest BCUT2D eigenvalue weighted by Gasteiger charge is 2.31. The number of hydrogen-bond donors (Lipinski definition) is 0. The number of rotatable bonds is 2. The molecule has 3 rings (SSSR count). The van der Waals surface area contributed by atoms with E-state index in [1.54, 1.807) is 0 Å². The molecule has 1 aliphatic rings. The van der Waals surface area contributed by atoms with Gasteiger partial charge in [0.2, 0.25) is 0 Å². The predicted molar refractivity (Wildman–Crippen MR) is 67.2 cm³/mol. The van der Waals surface area contributed by atoms with Crippen LogP contribution < -0.4 is 0 Å². The first kappa shape index (κ1) is 11.1. The lowest BCUT2D eigenvalue weighted by Crippen LogP contribution is -2.32. The zero-order chi connectivity index (χ0) is 12.5. The third-order valence-corrected chi connectivity index (χ3v) is 3.16. The fraction of sp³-hybridized carbons (Fsp3) is 0.167. The molecule has 18 heavy (non-hydrogen) atoms. The summed E-state index contributed by atoms with van der Waals surface area (Å²) in [4.78, 5) is 20.1. The van der Waals surface area contributed by atoms with Crippen LogP contribution in [0.1, 0.15) is 10.4 Å². The van der Waals surface area contributed by atoms with Crippen molar-refractivity contribution in [2.24, 2.45) is 10.9 Å².